The summed E-state index contributed by atoms with van der Waals surface area (Å²) in [4.78, 5) is 2.49. The van der Waals surface area contributed by atoms with Crippen molar-refractivity contribution in [3.05, 3.63) is 63.1 Å². The molecule has 0 aliphatic carbocycles. The van der Waals surface area contributed by atoms with E-state index in [2.05, 4.69) is 50.4 Å². The number of hydrogen-bond acceptors (Lipinski definition) is 3. The van der Waals surface area contributed by atoms with Crippen molar-refractivity contribution in [2.24, 2.45) is 0 Å². The van der Waals surface area contributed by atoms with Crippen LogP contribution in [-0.4, -0.2) is 37.7 Å². The lowest BCUT2D eigenvalue weighted by Gasteiger charge is -2.36. The Bertz CT molecular complexity index is 672. The Morgan fingerprint density at radius 2 is 1.88 bits per heavy atom. The molecule has 1 atom stereocenters. The fraction of sp³-hybridized carbons (Fsp3) is 0.368. The number of ether oxygens (including phenoxy) is 1. The monoisotopic (exact) mass is 408 g/mol. The molecule has 0 radical (unpaired) electrons. The molecule has 2 aromatic carbocycles. The fourth-order valence-electron chi connectivity index (χ4n) is 3.19. The van der Waals surface area contributed by atoms with E-state index in [1.807, 2.05) is 25.1 Å². The number of piperazine rings is 1. The molecular weight excluding hydrogens is 388 g/mol. The maximum absolute atomic E-state index is 6.32. The number of hydrogen-bond donors (Lipinski definition) is 1. The van der Waals surface area contributed by atoms with Gasteiger partial charge in [-0.3, -0.25) is 4.90 Å². The summed E-state index contributed by atoms with van der Waals surface area (Å²) in [6, 6.07) is 14.6. The minimum atomic E-state index is 0.139. The molecule has 3 rings (SSSR count). The molecule has 0 saturated carbocycles. The summed E-state index contributed by atoms with van der Waals surface area (Å²) in [6.45, 7) is 6.65. The topological polar surface area (TPSA) is 24.5 Å². The standard InChI is InChI=1S/C19H22BrClN2O/c1-2-24-18-8-7-16(21)13-17(18)19(23-11-9-22-10-12-23)14-3-5-15(20)6-4-14/h3-8,13,19,22H,2,9-12H2,1H3. The zero-order valence-corrected chi connectivity index (χ0v) is 16.1. The van der Waals surface area contributed by atoms with Crippen LogP contribution in [0.15, 0.2) is 46.9 Å². The average molecular weight is 410 g/mol. The zero-order valence-electron chi connectivity index (χ0n) is 13.8. The summed E-state index contributed by atoms with van der Waals surface area (Å²) >= 11 is 9.85. The van der Waals surface area contributed by atoms with Gasteiger partial charge in [0, 0.05) is 41.2 Å². The third-order valence-corrected chi connectivity index (χ3v) is 5.03. The van der Waals surface area contributed by atoms with E-state index in [0.717, 1.165) is 47.0 Å². The highest BCUT2D eigenvalue weighted by atomic mass is 79.9. The molecule has 1 saturated heterocycles. The van der Waals surface area contributed by atoms with Crippen molar-refractivity contribution in [3.63, 3.8) is 0 Å². The zero-order chi connectivity index (χ0) is 16.9. The van der Waals surface area contributed by atoms with Crippen molar-refractivity contribution in [2.75, 3.05) is 32.8 Å². The quantitative estimate of drug-likeness (QED) is 0.787. The summed E-state index contributed by atoms with van der Waals surface area (Å²) in [6.07, 6.45) is 0. The van der Waals surface area contributed by atoms with E-state index in [-0.39, 0.29) is 6.04 Å². The lowest BCUT2D eigenvalue weighted by Crippen LogP contribution is -2.45. The average Bonchev–Trinajstić information content (AvgIpc) is 2.60. The summed E-state index contributed by atoms with van der Waals surface area (Å²) in [5.41, 5.74) is 2.39. The summed E-state index contributed by atoms with van der Waals surface area (Å²) in [7, 11) is 0. The Balaban J connectivity index is 2.06. The second-order valence-corrected chi connectivity index (χ2v) is 7.21. The predicted octanol–water partition coefficient (Wildman–Crippen LogP) is 4.50. The summed E-state index contributed by atoms with van der Waals surface area (Å²) in [5.74, 6) is 0.911. The smallest absolute Gasteiger partial charge is 0.124 e. The molecule has 1 fully saturated rings. The van der Waals surface area contributed by atoms with Gasteiger partial charge in [0.2, 0.25) is 0 Å². The van der Waals surface area contributed by atoms with E-state index in [1.54, 1.807) is 0 Å². The van der Waals surface area contributed by atoms with E-state index in [0.29, 0.717) is 6.61 Å². The van der Waals surface area contributed by atoms with Crippen LogP contribution in [0.3, 0.4) is 0 Å². The Morgan fingerprint density at radius 3 is 2.54 bits per heavy atom. The molecule has 0 amide bonds. The molecule has 1 aliphatic rings. The van der Waals surface area contributed by atoms with Crippen molar-refractivity contribution in [1.82, 2.24) is 10.2 Å². The molecule has 5 heteroatoms. The van der Waals surface area contributed by atoms with Crippen molar-refractivity contribution >= 4 is 27.5 Å². The third-order valence-electron chi connectivity index (χ3n) is 4.27. The van der Waals surface area contributed by atoms with Crippen LogP contribution in [0.25, 0.3) is 0 Å². The molecule has 128 valence electrons. The predicted molar refractivity (Wildman–Crippen MR) is 103 cm³/mol. The largest absolute Gasteiger partial charge is 0.494 e. The van der Waals surface area contributed by atoms with Gasteiger partial charge in [-0.05, 0) is 42.8 Å². The molecule has 2 aromatic rings. The first-order valence-electron chi connectivity index (χ1n) is 8.31. The molecule has 1 N–H and O–H groups in total. The number of halogens is 2. The van der Waals surface area contributed by atoms with Gasteiger partial charge in [0.25, 0.3) is 0 Å². The first kappa shape index (κ1) is 17.7. The first-order valence-corrected chi connectivity index (χ1v) is 9.48. The van der Waals surface area contributed by atoms with Gasteiger partial charge < -0.3 is 10.1 Å². The van der Waals surface area contributed by atoms with E-state index in [1.165, 1.54) is 5.56 Å². The fourth-order valence-corrected chi connectivity index (χ4v) is 3.64. The Hall–Kier alpha value is -1.07. The Morgan fingerprint density at radius 1 is 1.17 bits per heavy atom. The van der Waals surface area contributed by atoms with Crippen LogP contribution >= 0.6 is 27.5 Å². The van der Waals surface area contributed by atoms with Crippen LogP contribution in [-0.2, 0) is 0 Å². The third kappa shape index (κ3) is 4.12. The first-order chi connectivity index (χ1) is 11.7. The highest BCUT2D eigenvalue weighted by molar-refractivity contribution is 9.10. The van der Waals surface area contributed by atoms with Crippen molar-refractivity contribution in [3.8, 4) is 5.75 Å². The van der Waals surface area contributed by atoms with E-state index >= 15 is 0 Å². The van der Waals surface area contributed by atoms with Gasteiger partial charge in [0.15, 0.2) is 0 Å². The van der Waals surface area contributed by atoms with E-state index in [9.17, 15) is 0 Å². The highest BCUT2D eigenvalue weighted by Gasteiger charge is 2.26. The SMILES string of the molecule is CCOc1ccc(Cl)cc1C(c1ccc(Br)cc1)N1CCNCC1. The number of benzene rings is 2. The molecule has 24 heavy (non-hydrogen) atoms. The number of nitrogens with one attached hydrogen (secondary N) is 1. The number of rotatable bonds is 5. The minimum Gasteiger partial charge on any atom is -0.494 e. The molecule has 0 spiro atoms. The van der Waals surface area contributed by atoms with Crippen LogP contribution in [0, 0.1) is 0 Å². The van der Waals surface area contributed by atoms with Crippen molar-refractivity contribution in [1.29, 1.82) is 0 Å². The Kier molecular flexibility index (Phi) is 6.17. The lowest BCUT2D eigenvalue weighted by molar-refractivity contribution is 0.194. The Labute approximate surface area is 157 Å². The van der Waals surface area contributed by atoms with Gasteiger partial charge >= 0.3 is 0 Å². The van der Waals surface area contributed by atoms with Crippen LogP contribution in [0.5, 0.6) is 5.75 Å². The molecule has 0 bridgehead atoms. The molecule has 3 nitrogen and oxygen atoms in total. The van der Waals surface area contributed by atoms with Gasteiger partial charge in [0.1, 0.15) is 5.75 Å². The van der Waals surface area contributed by atoms with Gasteiger partial charge in [-0.1, -0.05) is 39.7 Å². The summed E-state index contributed by atoms with van der Waals surface area (Å²) < 4.78 is 6.98. The second kappa shape index (κ2) is 8.34. The summed E-state index contributed by atoms with van der Waals surface area (Å²) in [5, 5.41) is 4.17. The van der Waals surface area contributed by atoms with Crippen molar-refractivity contribution in [2.45, 2.75) is 13.0 Å². The second-order valence-electron chi connectivity index (χ2n) is 5.86. The normalized spacial score (nSPS) is 16.8. The maximum Gasteiger partial charge on any atom is 0.124 e. The van der Waals surface area contributed by atoms with Crippen molar-refractivity contribution < 1.29 is 4.74 Å². The van der Waals surface area contributed by atoms with Gasteiger partial charge in [-0.15, -0.1) is 0 Å². The van der Waals surface area contributed by atoms with Gasteiger partial charge in [-0.25, -0.2) is 0 Å². The van der Waals surface area contributed by atoms with Crippen LogP contribution in [0.2, 0.25) is 5.02 Å². The van der Waals surface area contributed by atoms with E-state index in [4.69, 9.17) is 16.3 Å². The maximum atomic E-state index is 6.32. The molecule has 0 aromatic heterocycles. The van der Waals surface area contributed by atoms with E-state index < -0.39 is 0 Å². The molecular formula is C19H22BrClN2O. The van der Waals surface area contributed by atoms with Crippen LogP contribution < -0.4 is 10.1 Å². The number of nitrogens with zero attached hydrogens (tertiary/aromatic N) is 1. The van der Waals surface area contributed by atoms with Crippen LogP contribution in [0.4, 0.5) is 0 Å². The molecule has 1 heterocycles. The van der Waals surface area contributed by atoms with Crippen LogP contribution in [0.1, 0.15) is 24.1 Å². The van der Waals surface area contributed by atoms with Gasteiger partial charge in [0.05, 0.1) is 12.6 Å². The lowest BCUT2D eigenvalue weighted by atomic mass is 9.95. The molecule has 1 unspecified atom stereocenters. The van der Waals surface area contributed by atoms with Gasteiger partial charge in [-0.2, -0.15) is 0 Å². The highest BCUT2D eigenvalue weighted by Crippen LogP contribution is 2.37. The molecule has 1 aliphatic heterocycles. The minimum absolute atomic E-state index is 0.139.